The number of nitrogens with one attached hydrogen (secondary N) is 1. The minimum Gasteiger partial charge on any atom is -0.316 e. The summed E-state index contributed by atoms with van der Waals surface area (Å²) < 4.78 is 0. The highest BCUT2D eigenvalue weighted by Gasteiger charge is 2.34. The lowest BCUT2D eigenvalue weighted by Crippen LogP contribution is -2.40. The Bertz CT molecular complexity index is 459. The zero-order valence-corrected chi connectivity index (χ0v) is 13.9. The number of fused-ring (bicyclic) bond motifs is 1. The molecule has 1 aromatic carbocycles. The molecule has 21 heavy (non-hydrogen) atoms. The molecule has 2 saturated carbocycles. The van der Waals surface area contributed by atoms with Crippen LogP contribution in [0.3, 0.4) is 0 Å². The molecular formula is C19H28ClN. The van der Waals surface area contributed by atoms with Crippen LogP contribution in [0.4, 0.5) is 0 Å². The van der Waals surface area contributed by atoms with Gasteiger partial charge in [-0.2, -0.15) is 0 Å². The normalized spacial score (nSPS) is 30.7. The molecule has 2 heteroatoms. The molecule has 1 aromatic rings. The molecule has 0 aromatic heterocycles. The topological polar surface area (TPSA) is 12.0 Å². The molecule has 0 spiro atoms. The van der Waals surface area contributed by atoms with Crippen LogP contribution in [-0.2, 0) is 6.42 Å². The third-order valence-corrected chi connectivity index (χ3v) is 6.10. The first-order valence-electron chi connectivity index (χ1n) is 8.68. The van der Waals surface area contributed by atoms with E-state index in [0.717, 1.165) is 29.2 Å². The zero-order valence-electron chi connectivity index (χ0n) is 13.2. The van der Waals surface area contributed by atoms with E-state index >= 15 is 0 Å². The average Bonchev–Trinajstić information content (AvgIpc) is 2.52. The van der Waals surface area contributed by atoms with Gasteiger partial charge in [-0.25, -0.2) is 0 Å². The lowest BCUT2D eigenvalue weighted by Gasteiger charge is -2.42. The summed E-state index contributed by atoms with van der Waals surface area (Å²) in [5.41, 5.74) is 1.37. The zero-order chi connectivity index (χ0) is 14.7. The molecule has 1 nitrogen and oxygen atoms in total. The Morgan fingerprint density at radius 3 is 2.71 bits per heavy atom. The van der Waals surface area contributed by atoms with E-state index in [1.54, 1.807) is 0 Å². The lowest BCUT2D eigenvalue weighted by atomic mass is 9.65. The molecule has 2 aliphatic rings. The largest absolute Gasteiger partial charge is 0.316 e. The fraction of sp³-hybridized carbons (Fsp3) is 0.684. The maximum absolute atomic E-state index is 6.13. The van der Waals surface area contributed by atoms with Gasteiger partial charge in [-0.3, -0.25) is 0 Å². The maximum atomic E-state index is 6.13. The van der Waals surface area contributed by atoms with Crippen LogP contribution in [0.1, 0.15) is 50.5 Å². The van der Waals surface area contributed by atoms with Crippen molar-refractivity contribution in [2.24, 2.45) is 17.8 Å². The average molecular weight is 306 g/mol. The van der Waals surface area contributed by atoms with E-state index in [-0.39, 0.29) is 0 Å². The van der Waals surface area contributed by atoms with E-state index in [2.05, 4.69) is 30.6 Å². The summed E-state index contributed by atoms with van der Waals surface area (Å²) in [7, 11) is 2.13. The molecule has 2 aliphatic carbocycles. The van der Waals surface area contributed by atoms with Crippen LogP contribution in [0.15, 0.2) is 24.3 Å². The molecule has 116 valence electrons. The third kappa shape index (κ3) is 3.81. The fourth-order valence-electron chi connectivity index (χ4n) is 4.70. The molecule has 3 rings (SSSR count). The smallest absolute Gasteiger partial charge is 0.0408 e. The van der Waals surface area contributed by atoms with Crippen LogP contribution in [-0.4, -0.2) is 13.1 Å². The SMILES string of the molecule is CNC(Cc1cccc(Cl)c1)C1CCC2CCCCC2C1. The minimum atomic E-state index is 0.603. The molecular weight excluding hydrogens is 278 g/mol. The molecule has 2 fully saturated rings. The van der Waals surface area contributed by atoms with Gasteiger partial charge in [0, 0.05) is 11.1 Å². The van der Waals surface area contributed by atoms with Gasteiger partial charge in [0.05, 0.1) is 0 Å². The van der Waals surface area contributed by atoms with Crippen LogP contribution >= 0.6 is 11.6 Å². The summed E-state index contributed by atoms with van der Waals surface area (Å²) in [5, 5.41) is 4.45. The Kier molecular flexibility index (Phi) is 5.24. The summed E-state index contributed by atoms with van der Waals surface area (Å²) in [6.07, 6.45) is 11.3. The second-order valence-corrected chi connectivity index (χ2v) is 7.54. The van der Waals surface area contributed by atoms with Crippen molar-refractivity contribution >= 4 is 11.6 Å². The van der Waals surface area contributed by atoms with E-state index in [0.29, 0.717) is 6.04 Å². The van der Waals surface area contributed by atoms with Crippen molar-refractivity contribution in [3.63, 3.8) is 0 Å². The number of hydrogen-bond donors (Lipinski definition) is 1. The van der Waals surface area contributed by atoms with Crippen LogP contribution in [0, 0.1) is 17.8 Å². The van der Waals surface area contributed by atoms with Crippen molar-refractivity contribution in [1.82, 2.24) is 5.32 Å². The summed E-state index contributed by atoms with van der Waals surface area (Å²) in [6, 6.07) is 8.97. The standard InChI is InChI=1S/C19H28ClN/c1-21-19(12-14-5-4-8-18(20)11-14)17-10-9-15-6-2-3-7-16(15)13-17/h4-5,8,11,15-17,19,21H,2-3,6-7,9-10,12-13H2,1H3. The van der Waals surface area contributed by atoms with Gasteiger partial charge >= 0.3 is 0 Å². The Morgan fingerprint density at radius 1 is 1.14 bits per heavy atom. The van der Waals surface area contributed by atoms with Gasteiger partial charge in [0.1, 0.15) is 0 Å². The van der Waals surface area contributed by atoms with E-state index < -0.39 is 0 Å². The van der Waals surface area contributed by atoms with Crippen LogP contribution < -0.4 is 5.32 Å². The highest BCUT2D eigenvalue weighted by atomic mass is 35.5. The van der Waals surface area contributed by atoms with Gasteiger partial charge < -0.3 is 5.32 Å². The summed E-state index contributed by atoms with van der Waals surface area (Å²) >= 11 is 6.13. The maximum Gasteiger partial charge on any atom is 0.0408 e. The number of halogens is 1. The first-order valence-corrected chi connectivity index (χ1v) is 9.05. The van der Waals surface area contributed by atoms with Crippen molar-refractivity contribution in [3.8, 4) is 0 Å². The molecule has 0 radical (unpaired) electrons. The van der Waals surface area contributed by atoms with Crippen molar-refractivity contribution in [2.75, 3.05) is 7.05 Å². The van der Waals surface area contributed by atoms with Gasteiger partial charge in [-0.15, -0.1) is 0 Å². The third-order valence-electron chi connectivity index (χ3n) is 5.86. The summed E-state index contributed by atoms with van der Waals surface area (Å²) in [5.74, 6) is 2.89. The second-order valence-electron chi connectivity index (χ2n) is 7.11. The van der Waals surface area contributed by atoms with Crippen molar-refractivity contribution in [2.45, 2.75) is 57.4 Å². The molecule has 1 N–H and O–H groups in total. The van der Waals surface area contributed by atoms with Gasteiger partial charge in [0.25, 0.3) is 0 Å². The molecule has 0 aliphatic heterocycles. The van der Waals surface area contributed by atoms with Gasteiger partial charge in [0.15, 0.2) is 0 Å². The Balaban J connectivity index is 1.63. The number of likely N-dealkylation sites (N-methyl/N-ethyl adjacent to an activating group) is 1. The predicted octanol–water partition coefficient (Wildman–Crippen LogP) is 5.08. The predicted molar refractivity (Wildman–Crippen MR) is 90.8 cm³/mol. The van der Waals surface area contributed by atoms with Gasteiger partial charge in [-0.1, -0.05) is 49.4 Å². The highest BCUT2D eigenvalue weighted by Crippen LogP contribution is 2.43. The van der Waals surface area contributed by atoms with Crippen molar-refractivity contribution in [3.05, 3.63) is 34.9 Å². The minimum absolute atomic E-state index is 0.603. The first kappa shape index (κ1) is 15.4. The molecule has 0 bridgehead atoms. The molecule has 0 amide bonds. The van der Waals surface area contributed by atoms with Crippen molar-refractivity contribution in [1.29, 1.82) is 0 Å². The monoisotopic (exact) mass is 305 g/mol. The van der Waals surface area contributed by atoms with Gasteiger partial charge in [-0.05, 0) is 68.2 Å². The van der Waals surface area contributed by atoms with Crippen LogP contribution in [0.5, 0.6) is 0 Å². The van der Waals surface area contributed by atoms with E-state index in [4.69, 9.17) is 11.6 Å². The molecule has 4 atom stereocenters. The van der Waals surface area contributed by atoms with E-state index in [1.165, 1.54) is 50.5 Å². The Hall–Kier alpha value is -0.530. The quantitative estimate of drug-likeness (QED) is 0.818. The molecule has 0 heterocycles. The fourth-order valence-corrected chi connectivity index (χ4v) is 4.91. The highest BCUT2D eigenvalue weighted by molar-refractivity contribution is 6.30. The van der Waals surface area contributed by atoms with Crippen molar-refractivity contribution < 1.29 is 0 Å². The van der Waals surface area contributed by atoms with Gasteiger partial charge in [0.2, 0.25) is 0 Å². The Labute approximate surface area is 134 Å². The summed E-state index contributed by atoms with van der Waals surface area (Å²) in [4.78, 5) is 0. The molecule has 0 saturated heterocycles. The van der Waals surface area contributed by atoms with Crippen LogP contribution in [0.25, 0.3) is 0 Å². The van der Waals surface area contributed by atoms with E-state index in [9.17, 15) is 0 Å². The number of hydrogen-bond acceptors (Lipinski definition) is 1. The lowest BCUT2D eigenvalue weighted by molar-refractivity contribution is 0.111. The Morgan fingerprint density at radius 2 is 1.95 bits per heavy atom. The molecule has 4 unspecified atom stereocenters. The first-order chi connectivity index (χ1) is 10.3. The van der Waals surface area contributed by atoms with E-state index in [1.807, 2.05) is 6.07 Å². The number of rotatable bonds is 4. The summed E-state index contributed by atoms with van der Waals surface area (Å²) in [6.45, 7) is 0. The number of benzene rings is 1. The van der Waals surface area contributed by atoms with Crippen LogP contribution in [0.2, 0.25) is 5.02 Å². The second kappa shape index (κ2) is 7.15.